The molecule has 0 unspecified atom stereocenters. The summed E-state index contributed by atoms with van der Waals surface area (Å²) in [6.07, 6.45) is 3.63. The Labute approximate surface area is 207 Å². The third kappa shape index (κ3) is 5.26. The van der Waals surface area contributed by atoms with Gasteiger partial charge in [0.25, 0.3) is 0 Å². The molecule has 9 nitrogen and oxygen atoms in total. The number of aromatic nitrogens is 2. The minimum Gasteiger partial charge on any atom is -0.491 e. The summed E-state index contributed by atoms with van der Waals surface area (Å²) < 4.78 is 62.3. The van der Waals surface area contributed by atoms with E-state index in [4.69, 9.17) is 14.2 Å². The highest BCUT2D eigenvalue weighted by Gasteiger charge is 2.46. The van der Waals surface area contributed by atoms with Crippen LogP contribution in [0.4, 0.5) is 26.0 Å². The van der Waals surface area contributed by atoms with Gasteiger partial charge in [-0.2, -0.15) is 4.36 Å². The number of anilines is 2. The monoisotopic (exact) mass is 520 g/mol. The van der Waals surface area contributed by atoms with E-state index in [1.54, 1.807) is 0 Å². The maximum atomic E-state index is 15.1. The number of halogens is 2. The van der Waals surface area contributed by atoms with Crippen molar-refractivity contribution >= 4 is 37.8 Å². The molecule has 2 aromatic carbocycles. The van der Waals surface area contributed by atoms with Crippen LogP contribution in [0.25, 0.3) is 10.9 Å². The van der Waals surface area contributed by atoms with Gasteiger partial charge in [0.2, 0.25) is 0 Å². The number of benzene rings is 2. The van der Waals surface area contributed by atoms with Crippen LogP contribution >= 0.6 is 0 Å². The summed E-state index contributed by atoms with van der Waals surface area (Å²) in [6, 6.07) is 6.67. The van der Waals surface area contributed by atoms with Gasteiger partial charge in [-0.3, -0.25) is 0 Å². The molecule has 3 aromatic rings. The molecule has 0 spiro atoms. The molecule has 0 amide bonds. The van der Waals surface area contributed by atoms with E-state index in [1.807, 2.05) is 0 Å². The summed E-state index contributed by atoms with van der Waals surface area (Å²) >= 11 is 0. The molecule has 2 fully saturated rings. The summed E-state index contributed by atoms with van der Waals surface area (Å²) in [5, 5.41) is 13.0. The van der Waals surface area contributed by atoms with Gasteiger partial charge >= 0.3 is 0 Å². The summed E-state index contributed by atoms with van der Waals surface area (Å²) in [7, 11) is -2.48. The lowest BCUT2D eigenvalue weighted by atomic mass is 9.98. The van der Waals surface area contributed by atoms with Crippen LogP contribution in [0.2, 0.25) is 0 Å². The Morgan fingerprint density at radius 3 is 2.78 bits per heavy atom. The van der Waals surface area contributed by atoms with E-state index in [-0.39, 0.29) is 59.5 Å². The van der Waals surface area contributed by atoms with Gasteiger partial charge in [-0.15, -0.1) is 0 Å². The summed E-state index contributed by atoms with van der Waals surface area (Å²) in [5.74, 6) is -0.688. The minimum absolute atomic E-state index is 0.0533. The molecule has 36 heavy (non-hydrogen) atoms. The van der Waals surface area contributed by atoms with Crippen LogP contribution in [-0.2, 0) is 19.2 Å². The molecule has 0 radical (unpaired) electrons. The second-order valence-electron chi connectivity index (χ2n) is 9.14. The second kappa shape index (κ2) is 9.85. The first-order valence-electron chi connectivity index (χ1n) is 11.4. The third-order valence-electron chi connectivity index (χ3n) is 6.07. The lowest BCUT2D eigenvalue weighted by Gasteiger charge is -2.18. The van der Waals surface area contributed by atoms with E-state index in [9.17, 15) is 13.7 Å². The summed E-state index contributed by atoms with van der Waals surface area (Å²) in [5.41, 5.74) is 0.874. The molecular weight excluding hydrogens is 494 g/mol. The van der Waals surface area contributed by atoms with Crippen molar-refractivity contribution in [1.82, 2.24) is 9.97 Å². The number of hydrogen-bond acceptors (Lipinski definition) is 9. The third-order valence-corrected chi connectivity index (χ3v) is 6.72. The van der Waals surface area contributed by atoms with Crippen LogP contribution in [0.5, 0.6) is 5.75 Å². The second-order valence-corrected chi connectivity index (χ2v) is 11.7. The van der Waals surface area contributed by atoms with Crippen molar-refractivity contribution in [1.29, 1.82) is 0 Å². The van der Waals surface area contributed by atoms with Crippen molar-refractivity contribution in [3.05, 3.63) is 48.3 Å². The number of nitrogens with one attached hydrogen (secondary N) is 1. The molecule has 4 atom stereocenters. The fraction of sp³-hybridized carbons (Fsp3) is 0.417. The Balaban J connectivity index is 1.36. The molecular formula is C24H26F2N4O5S. The lowest BCUT2D eigenvalue weighted by molar-refractivity contribution is 0.0163. The van der Waals surface area contributed by atoms with Crippen LogP contribution < -0.4 is 10.1 Å². The molecule has 0 bridgehead atoms. The SMILES string of the molecule is CS(C)(=O)=Nc1cc(F)c2c(Nc3ccc(F)cc3OCC[C@@H]3CO[C@H]4[C@@H]3OC[C@H]4O)ncnc2c1. The van der Waals surface area contributed by atoms with Gasteiger partial charge in [-0.1, -0.05) is 0 Å². The first kappa shape index (κ1) is 24.8. The molecule has 0 aliphatic carbocycles. The van der Waals surface area contributed by atoms with Crippen LogP contribution in [-0.4, -0.2) is 69.9 Å². The number of aliphatic hydroxyl groups excluding tert-OH is 1. The standard InChI is InChI=1S/C24H26F2N4O5S/c1-36(2,32)30-15-8-16(26)21-18(9-15)27-12-28-24(21)29-17-4-3-14(25)7-20(17)33-6-5-13-10-34-23-19(31)11-35-22(13)23/h3-4,7-9,12-13,19,22-23,31H,5-6,10-11H2,1-2H3,(H,27,28,29)/t13-,19-,22-,23-/m1/s1. The summed E-state index contributed by atoms with van der Waals surface area (Å²) in [4.78, 5) is 8.28. The molecule has 5 rings (SSSR count). The van der Waals surface area contributed by atoms with E-state index in [2.05, 4.69) is 19.6 Å². The van der Waals surface area contributed by atoms with Crippen molar-refractivity contribution < 1.29 is 32.3 Å². The Bertz CT molecular complexity index is 1410. The van der Waals surface area contributed by atoms with Crippen LogP contribution in [0, 0.1) is 17.6 Å². The summed E-state index contributed by atoms with van der Waals surface area (Å²) in [6.45, 7) is 0.959. The number of rotatable bonds is 7. The lowest BCUT2D eigenvalue weighted by Crippen LogP contribution is -2.29. The zero-order valence-corrected chi connectivity index (χ0v) is 20.5. The molecule has 2 aliphatic heterocycles. The average molecular weight is 521 g/mol. The largest absolute Gasteiger partial charge is 0.491 e. The van der Waals surface area contributed by atoms with Crippen LogP contribution in [0.1, 0.15) is 6.42 Å². The Morgan fingerprint density at radius 2 is 1.97 bits per heavy atom. The van der Waals surface area contributed by atoms with Gasteiger partial charge in [0.1, 0.15) is 41.7 Å². The van der Waals surface area contributed by atoms with Gasteiger partial charge in [-0.05, 0) is 24.6 Å². The predicted octanol–water partition coefficient (Wildman–Crippen LogP) is 3.55. The highest BCUT2D eigenvalue weighted by Crippen LogP contribution is 2.35. The van der Waals surface area contributed by atoms with Crippen molar-refractivity contribution in [2.45, 2.75) is 24.7 Å². The Kier molecular flexibility index (Phi) is 6.77. The first-order valence-corrected chi connectivity index (χ1v) is 13.7. The molecule has 1 aromatic heterocycles. The van der Waals surface area contributed by atoms with Crippen molar-refractivity contribution in [2.75, 3.05) is 37.6 Å². The molecule has 192 valence electrons. The smallest absolute Gasteiger partial charge is 0.145 e. The topological polar surface area (TPSA) is 115 Å². The zero-order valence-electron chi connectivity index (χ0n) is 19.7. The van der Waals surface area contributed by atoms with Crippen molar-refractivity contribution in [2.24, 2.45) is 10.3 Å². The van der Waals surface area contributed by atoms with Crippen LogP contribution in [0.15, 0.2) is 41.0 Å². The van der Waals surface area contributed by atoms with Gasteiger partial charge in [0.15, 0.2) is 0 Å². The van der Waals surface area contributed by atoms with Gasteiger partial charge in [0, 0.05) is 40.3 Å². The van der Waals surface area contributed by atoms with E-state index in [1.165, 1.54) is 49.2 Å². The quantitative estimate of drug-likeness (QED) is 0.486. The van der Waals surface area contributed by atoms with Crippen LogP contribution in [0.3, 0.4) is 0 Å². The number of ether oxygens (including phenoxy) is 3. The molecule has 0 saturated carbocycles. The maximum absolute atomic E-state index is 15.1. The molecule has 2 saturated heterocycles. The van der Waals surface area contributed by atoms with Crippen molar-refractivity contribution in [3.63, 3.8) is 0 Å². The Morgan fingerprint density at radius 1 is 1.17 bits per heavy atom. The van der Waals surface area contributed by atoms with E-state index in [0.29, 0.717) is 18.7 Å². The highest BCUT2D eigenvalue weighted by atomic mass is 32.2. The van der Waals surface area contributed by atoms with E-state index in [0.717, 1.165) is 0 Å². The predicted molar refractivity (Wildman–Crippen MR) is 130 cm³/mol. The number of fused-ring (bicyclic) bond motifs is 2. The molecule has 2 N–H and O–H groups in total. The van der Waals surface area contributed by atoms with Crippen molar-refractivity contribution in [3.8, 4) is 5.75 Å². The first-order chi connectivity index (χ1) is 17.2. The van der Waals surface area contributed by atoms with Gasteiger partial charge in [-0.25, -0.2) is 23.0 Å². The normalized spacial score (nSPS) is 23.6. The van der Waals surface area contributed by atoms with Gasteiger partial charge in [0.05, 0.1) is 48.2 Å². The number of hydrogen-bond donors (Lipinski definition) is 2. The Hall–Kier alpha value is -2.93. The zero-order chi connectivity index (χ0) is 25.4. The molecule has 12 heteroatoms. The van der Waals surface area contributed by atoms with E-state index < -0.39 is 27.5 Å². The molecule has 2 aliphatic rings. The molecule has 3 heterocycles. The number of nitrogens with zero attached hydrogens (tertiary/aromatic N) is 3. The minimum atomic E-state index is -2.48. The fourth-order valence-electron chi connectivity index (χ4n) is 4.50. The maximum Gasteiger partial charge on any atom is 0.145 e. The number of aliphatic hydroxyl groups is 1. The highest BCUT2D eigenvalue weighted by molar-refractivity contribution is 7.92. The van der Waals surface area contributed by atoms with Gasteiger partial charge < -0.3 is 24.6 Å². The average Bonchev–Trinajstić information content (AvgIpc) is 3.37. The van der Waals surface area contributed by atoms with E-state index >= 15 is 4.39 Å². The fourth-order valence-corrected chi connectivity index (χ4v) is 5.11.